The van der Waals surface area contributed by atoms with Gasteiger partial charge in [0.2, 0.25) is 0 Å². The Morgan fingerprint density at radius 1 is 1.67 bits per heavy atom. The lowest BCUT2D eigenvalue weighted by molar-refractivity contribution is -0.0983. The minimum atomic E-state index is -0.159. The number of hydrogen-bond donors (Lipinski definition) is 1. The summed E-state index contributed by atoms with van der Waals surface area (Å²) >= 11 is 0. The van der Waals surface area contributed by atoms with E-state index in [-0.39, 0.29) is 12.1 Å². The molecular formula is C10H17N3O2. The van der Waals surface area contributed by atoms with Crippen molar-refractivity contribution in [2.75, 3.05) is 19.8 Å². The smallest absolute Gasteiger partial charge is 0.102 e. The molecule has 5 heteroatoms. The monoisotopic (exact) mass is 211 g/mol. The molecule has 15 heavy (non-hydrogen) atoms. The van der Waals surface area contributed by atoms with Crippen LogP contribution in [0.3, 0.4) is 0 Å². The number of nitrogens with zero attached hydrogens (tertiary/aromatic N) is 2. The van der Waals surface area contributed by atoms with Crippen LogP contribution in [-0.4, -0.2) is 35.7 Å². The number of aryl methyl sites for hydroxylation is 1. The summed E-state index contributed by atoms with van der Waals surface area (Å²) in [7, 11) is 0. The third-order valence-electron chi connectivity index (χ3n) is 2.63. The molecule has 0 radical (unpaired) electrons. The van der Waals surface area contributed by atoms with Gasteiger partial charge in [-0.1, -0.05) is 0 Å². The van der Waals surface area contributed by atoms with Crippen molar-refractivity contribution in [1.29, 1.82) is 0 Å². The number of nitrogens with two attached hydrogens (primary N) is 1. The molecule has 2 rings (SSSR count). The Hall–Kier alpha value is -0.910. The Morgan fingerprint density at radius 3 is 3.20 bits per heavy atom. The van der Waals surface area contributed by atoms with E-state index in [1.54, 1.807) is 6.20 Å². The van der Waals surface area contributed by atoms with Crippen LogP contribution in [0.15, 0.2) is 12.3 Å². The van der Waals surface area contributed by atoms with E-state index in [1.807, 2.05) is 17.7 Å². The number of hydrogen-bond acceptors (Lipinski definition) is 4. The van der Waals surface area contributed by atoms with Crippen LogP contribution < -0.4 is 5.73 Å². The zero-order valence-electron chi connectivity index (χ0n) is 8.93. The minimum absolute atomic E-state index is 0.0549. The quantitative estimate of drug-likeness (QED) is 0.782. The van der Waals surface area contributed by atoms with Crippen molar-refractivity contribution in [2.45, 2.75) is 25.6 Å². The molecule has 1 aromatic heterocycles. The largest absolute Gasteiger partial charge is 0.376 e. The fourth-order valence-corrected chi connectivity index (χ4v) is 1.79. The Bertz CT molecular complexity index is 307. The average Bonchev–Trinajstić information content (AvgIpc) is 2.77. The number of ether oxygens (including phenoxy) is 2. The van der Waals surface area contributed by atoms with Crippen LogP contribution in [0.1, 0.15) is 18.7 Å². The van der Waals surface area contributed by atoms with Gasteiger partial charge in [0.25, 0.3) is 0 Å². The Morgan fingerprint density at radius 2 is 2.53 bits per heavy atom. The van der Waals surface area contributed by atoms with Crippen molar-refractivity contribution in [1.82, 2.24) is 9.78 Å². The fraction of sp³-hybridized carbons (Fsp3) is 0.700. The van der Waals surface area contributed by atoms with Crippen LogP contribution >= 0.6 is 0 Å². The van der Waals surface area contributed by atoms with Crippen LogP contribution in [0.2, 0.25) is 0 Å². The lowest BCUT2D eigenvalue weighted by atomic mass is 10.1. The summed E-state index contributed by atoms with van der Waals surface area (Å²) in [5, 5.41) is 4.19. The summed E-state index contributed by atoms with van der Waals surface area (Å²) in [6.07, 6.45) is 1.71. The molecule has 0 bridgehead atoms. The summed E-state index contributed by atoms with van der Waals surface area (Å²) in [4.78, 5) is 0. The molecule has 0 aromatic carbocycles. The van der Waals surface area contributed by atoms with E-state index in [2.05, 4.69) is 5.10 Å². The maximum absolute atomic E-state index is 6.12. The second-order valence-corrected chi connectivity index (χ2v) is 3.58. The summed E-state index contributed by atoms with van der Waals surface area (Å²) in [5.41, 5.74) is 7.13. The second kappa shape index (κ2) is 4.74. The van der Waals surface area contributed by atoms with Crippen LogP contribution in [0.5, 0.6) is 0 Å². The SMILES string of the molecule is CCn1nccc1C(N)C1COCCO1. The molecule has 2 unspecified atom stereocenters. The van der Waals surface area contributed by atoms with Crippen molar-refractivity contribution in [3.63, 3.8) is 0 Å². The van der Waals surface area contributed by atoms with Gasteiger partial charge in [-0.25, -0.2) is 0 Å². The predicted molar refractivity (Wildman–Crippen MR) is 55.4 cm³/mol. The van der Waals surface area contributed by atoms with Gasteiger partial charge < -0.3 is 15.2 Å². The van der Waals surface area contributed by atoms with Gasteiger partial charge in [0, 0.05) is 12.7 Å². The van der Waals surface area contributed by atoms with E-state index in [9.17, 15) is 0 Å². The van der Waals surface area contributed by atoms with Gasteiger partial charge in [0.1, 0.15) is 6.10 Å². The van der Waals surface area contributed by atoms with Gasteiger partial charge in [-0.05, 0) is 13.0 Å². The van der Waals surface area contributed by atoms with E-state index in [1.165, 1.54) is 0 Å². The molecule has 0 amide bonds. The maximum atomic E-state index is 6.12. The molecule has 0 saturated carbocycles. The van der Waals surface area contributed by atoms with E-state index >= 15 is 0 Å². The van der Waals surface area contributed by atoms with Crippen molar-refractivity contribution in [2.24, 2.45) is 5.73 Å². The molecule has 0 spiro atoms. The zero-order valence-corrected chi connectivity index (χ0v) is 8.93. The van der Waals surface area contributed by atoms with Crippen LogP contribution in [-0.2, 0) is 16.0 Å². The molecule has 2 N–H and O–H groups in total. The molecule has 2 heterocycles. The summed E-state index contributed by atoms with van der Waals surface area (Å²) < 4.78 is 12.8. The average molecular weight is 211 g/mol. The van der Waals surface area contributed by atoms with Crippen molar-refractivity contribution in [3.8, 4) is 0 Å². The topological polar surface area (TPSA) is 62.3 Å². The predicted octanol–water partition coefficient (Wildman–Crippen LogP) is 0.318. The first-order valence-corrected chi connectivity index (χ1v) is 5.29. The van der Waals surface area contributed by atoms with Crippen molar-refractivity contribution >= 4 is 0 Å². The molecule has 5 nitrogen and oxygen atoms in total. The third kappa shape index (κ3) is 2.19. The van der Waals surface area contributed by atoms with E-state index < -0.39 is 0 Å². The van der Waals surface area contributed by atoms with Gasteiger partial charge in [0.15, 0.2) is 0 Å². The van der Waals surface area contributed by atoms with Gasteiger partial charge in [-0.15, -0.1) is 0 Å². The lowest BCUT2D eigenvalue weighted by Gasteiger charge is -2.28. The third-order valence-corrected chi connectivity index (χ3v) is 2.63. The lowest BCUT2D eigenvalue weighted by Crippen LogP contribution is -2.38. The highest BCUT2D eigenvalue weighted by molar-refractivity contribution is 5.08. The van der Waals surface area contributed by atoms with E-state index in [0.717, 1.165) is 12.2 Å². The highest BCUT2D eigenvalue weighted by atomic mass is 16.6. The van der Waals surface area contributed by atoms with Gasteiger partial charge in [-0.3, -0.25) is 4.68 Å². The summed E-state index contributed by atoms with van der Waals surface area (Å²) in [6, 6.07) is 1.78. The normalized spacial score (nSPS) is 24.0. The van der Waals surface area contributed by atoms with Crippen LogP contribution in [0.25, 0.3) is 0 Å². The first-order valence-electron chi connectivity index (χ1n) is 5.29. The number of rotatable bonds is 3. The molecular weight excluding hydrogens is 194 g/mol. The molecule has 1 aliphatic rings. The molecule has 1 saturated heterocycles. The first-order chi connectivity index (χ1) is 7.33. The Balaban J connectivity index is 2.08. The van der Waals surface area contributed by atoms with Crippen molar-refractivity contribution in [3.05, 3.63) is 18.0 Å². The zero-order chi connectivity index (χ0) is 10.7. The minimum Gasteiger partial charge on any atom is -0.376 e. The molecule has 2 atom stereocenters. The first kappa shape index (κ1) is 10.6. The van der Waals surface area contributed by atoms with Gasteiger partial charge >= 0.3 is 0 Å². The second-order valence-electron chi connectivity index (χ2n) is 3.58. The highest BCUT2D eigenvalue weighted by Gasteiger charge is 2.25. The van der Waals surface area contributed by atoms with Crippen LogP contribution in [0, 0.1) is 0 Å². The van der Waals surface area contributed by atoms with Gasteiger partial charge in [0.05, 0.1) is 31.6 Å². The molecule has 84 valence electrons. The maximum Gasteiger partial charge on any atom is 0.102 e. The molecule has 0 aliphatic carbocycles. The van der Waals surface area contributed by atoms with E-state index in [0.29, 0.717) is 19.8 Å². The van der Waals surface area contributed by atoms with Crippen molar-refractivity contribution < 1.29 is 9.47 Å². The molecule has 1 aromatic rings. The molecule has 1 aliphatic heterocycles. The van der Waals surface area contributed by atoms with E-state index in [4.69, 9.17) is 15.2 Å². The highest BCUT2D eigenvalue weighted by Crippen LogP contribution is 2.18. The van der Waals surface area contributed by atoms with Gasteiger partial charge in [-0.2, -0.15) is 5.10 Å². The summed E-state index contributed by atoms with van der Waals surface area (Å²) in [5.74, 6) is 0. The Kier molecular flexibility index (Phi) is 3.35. The van der Waals surface area contributed by atoms with Crippen LogP contribution in [0.4, 0.5) is 0 Å². The number of aromatic nitrogens is 2. The Labute approximate surface area is 89.2 Å². The fourth-order valence-electron chi connectivity index (χ4n) is 1.79. The summed E-state index contributed by atoms with van der Waals surface area (Å²) in [6.45, 7) is 4.72. The molecule has 1 fully saturated rings. The standard InChI is InChI=1S/C10H17N3O2/c1-2-13-8(3-4-12-13)10(11)9-7-14-5-6-15-9/h3-4,9-10H,2,5-7,11H2,1H3.